The van der Waals surface area contributed by atoms with Crippen molar-refractivity contribution in [2.24, 2.45) is 0 Å². The number of thioether (sulfide) groups is 1. The van der Waals surface area contributed by atoms with Gasteiger partial charge in [0.25, 0.3) is 17.7 Å². The first-order valence-electron chi connectivity index (χ1n) is 16.4. The fraction of sp³-hybridized carbons (Fsp3) is 0.125. The third kappa shape index (κ3) is 10.4. The van der Waals surface area contributed by atoms with Crippen LogP contribution in [0.5, 0.6) is 0 Å². The largest absolute Gasteiger partial charge is 0.462 e. The van der Waals surface area contributed by atoms with Crippen LogP contribution in [0.1, 0.15) is 55.4 Å². The summed E-state index contributed by atoms with van der Waals surface area (Å²) in [5.41, 5.74) is 2.50. The molecule has 0 saturated carbocycles. The minimum absolute atomic E-state index is 0.00705. The van der Waals surface area contributed by atoms with Crippen LogP contribution in [-0.2, 0) is 14.3 Å². The number of carbonyl (C=O) groups excluding carboxylic acids is 5. The third-order valence-electron chi connectivity index (χ3n) is 7.56. The molecule has 1 aromatic heterocycles. The predicted octanol–water partition coefficient (Wildman–Crippen LogP) is 8.67. The Bertz CT molecular complexity index is 2170. The molecule has 4 N–H and O–H groups in total. The van der Waals surface area contributed by atoms with E-state index in [0.29, 0.717) is 38.0 Å². The van der Waals surface area contributed by atoms with Gasteiger partial charge in [-0.15, -0.1) is 23.1 Å². The molecule has 13 heteroatoms. The summed E-state index contributed by atoms with van der Waals surface area (Å²) in [6, 6.07) is 31.2. The summed E-state index contributed by atoms with van der Waals surface area (Å²) in [6.45, 7) is 5.12. The molecular weight excluding hydrogens is 732 g/mol. The SMILES string of the molecule is CCOC(=O)c1c(NC(=O)C(C)Sc2cccc(NC(=O)/C(=C/c3cccc(Cl)c3)NC(=O)c3ccccc3)c2)sc(C(=O)Nc2ccccc2)c1C. The molecule has 0 aliphatic carbocycles. The summed E-state index contributed by atoms with van der Waals surface area (Å²) >= 11 is 8.38. The Kier molecular flexibility index (Phi) is 13.2. The summed E-state index contributed by atoms with van der Waals surface area (Å²) in [4.78, 5) is 67.2. The van der Waals surface area contributed by atoms with Crippen molar-refractivity contribution in [1.29, 1.82) is 0 Å². The van der Waals surface area contributed by atoms with Crippen LogP contribution in [0.2, 0.25) is 5.02 Å². The highest BCUT2D eigenvalue weighted by atomic mass is 35.5. The zero-order valence-corrected chi connectivity index (χ0v) is 31.3. The third-order valence-corrected chi connectivity index (χ3v) is 10.1. The molecule has 4 aromatic carbocycles. The van der Waals surface area contributed by atoms with Crippen LogP contribution in [0.4, 0.5) is 16.4 Å². The smallest absolute Gasteiger partial charge is 0.341 e. The van der Waals surface area contributed by atoms with Crippen molar-refractivity contribution in [1.82, 2.24) is 5.32 Å². The molecule has 0 aliphatic heterocycles. The highest BCUT2D eigenvalue weighted by molar-refractivity contribution is 8.00. The van der Waals surface area contributed by atoms with Crippen molar-refractivity contribution in [3.63, 3.8) is 0 Å². The van der Waals surface area contributed by atoms with Gasteiger partial charge in [0, 0.05) is 26.9 Å². The van der Waals surface area contributed by atoms with Crippen molar-refractivity contribution in [3.8, 4) is 0 Å². The molecule has 10 nitrogen and oxygen atoms in total. The first-order valence-corrected chi connectivity index (χ1v) is 18.5. The van der Waals surface area contributed by atoms with E-state index in [-0.39, 0.29) is 27.7 Å². The number of hydrogen-bond donors (Lipinski definition) is 4. The maximum atomic E-state index is 13.6. The lowest BCUT2D eigenvalue weighted by Crippen LogP contribution is -2.30. The number of para-hydroxylation sites is 1. The molecule has 270 valence electrons. The number of nitrogens with one attached hydrogen (secondary N) is 4. The summed E-state index contributed by atoms with van der Waals surface area (Å²) in [5.74, 6) is -2.52. The lowest BCUT2D eigenvalue weighted by atomic mass is 10.1. The molecule has 0 bridgehead atoms. The fourth-order valence-corrected chi connectivity index (χ4v) is 7.22. The van der Waals surface area contributed by atoms with E-state index in [4.69, 9.17) is 16.3 Å². The number of hydrogen-bond acceptors (Lipinski definition) is 8. The zero-order valence-electron chi connectivity index (χ0n) is 28.9. The van der Waals surface area contributed by atoms with Gasteiger partial charge in [-0.25, -0.2) is 4.79 Å². The molecule has 0 saturated heterocycles. The van der Waals surface area contributed by atoms with E-state index in [0.717, 1.165) is 11.3 Å². The maximum absolute atomic E-state index is 13.6. The molecule has 5 aromatic rings. The Hall–Kier alpha value is -5.69. The Morgan fingerprint density at radius 2 is 1.49 bits per heavy atom. The van der Waals surface area contributed by atoms with Crippen molar-refractivity contribution in [2.75, 3.05) is 22.6 Å². The Labute approximate surface area is 320 Å². The predicted molar refractivity (Wildman–Crippen MR) is 212 cm³/mol. The van der Waals surface area contributed by atoms with Gasteiger partial charge < -0.3 is 26.0 Å². The molecule has 4 amide bonds. The van der Waals surface area contributed by atoms with Crippen LogP contribution in [0.25, 0.3) is 6.08 Å². The molecule has 5 rings (SSSR count). The number of thiophene rings is 1. The van der Waals surface area contributed by atoms with Gasteiger partial charge >= 0.3 is 5.97 Å². The lowest BCUT2D eigenvalue weighted by molar-refractivity contribution is -0.115. The number of rotatable bonds is 13. The van der Waals surface area contributed by atoms with Gasteiger partial charge in [-0.3, -0.25) is 19.2 Å². The molecule has 1 atom stereocenters. The second-order valence-corrected chi connectivity index (χ2v) is 14.3. The highest BCUT2D eigenvalue weighted by Crippen LogP contribution is 2.35. The van der Waals surface area contributed by atoms with E-state index in [1.54, 1.807) is 124 Å². The topological polar surface area (TPSA) is 143 Å². The molecule has 0 aliphatic rings. The molecule has 0 spiro atoms. The van der Waals surface area contributed by atoms with Gasteiger partial charge in [-0.05, 0) is 92.6 Å². The second kappa shape index (κ2) is 18.2. The monoisotopic (exact) mass is 766 g/mol. The summed E-state index contributed by atoms with van der Waals surface area (Å²) in [5, 5.41) is 11.2. The molecular formula is C40H35ClN4O6S2. The Morgan fingerprint density at radius 3 is 2.19 bits per heavy atom. The summed E-state index contributed by atoms with van der Waals surface area (Å²) < 4.78 is 5.25. The van der Waals surface area contributed by atoms with Crippen LogP contribution in [0.3, 0.4) is 0 Å². The van der Waals surface area contributed by atoms with Crippen molar-refractivity contribution < 1.29 is 28.7 Å². The summed E-state index contributed by atoms with van der Waals surface area (Å²) in [7, 11) is 0. The number of carbonyl (C=O) groups is 5. The maximum Gasteiger partial charge on any atom is 0.341 e. The van der Waals surface area contributed by atoms with E-state index in [1.165, 1.54) is 17.8 Å². The first kappa shape index (κ1) is 38.5. The molecule has 0 fully saturated rings. The van der Waals surface area contributed by atoms with E-state index >= 15 is 0 Å². The van der Waals surface area contributed by atoms with Crippen molar-refractivity contribution >= 4 is 86.7 Å². The highest BCUT2D eigenvalue weighted by Gasteiger charge is 2.28. The Balaban J connectivity index is 1.30. The molecule has 53 heavy (non-hydrogen) atoms. The van der Waals surface area contributed by atoms with E-state index in [2.05, 4.69) is 21.3 Å². The van der Waals surface area contributed by atoms with Gasteiger partial charge in [-0.2, -0.15) is 0 Å². The van der Waals surface area contributed by atoms with Gasteiger partial charge in [-0.1, -0.05) is 66.2 Å². The van der Waals surface area contributed by atoms with E-state index in [1.807, 2.05) is 6.07 Å². The number of esters is 1. The van der Waals surface area contributed by atoms with Crippen molar-refractivity contribution in [2.45, 2.75) is 30.9 Å². The zero-order chi connectivity index (χ0) is 37.9. The van der Waals surface area contributed by atoms with Crippen LogP contribution in [0.15, 0.2) is 120 Å². The fourth-order valence-electron chi connectivity index (χ4n) is 5.00. The van der Waals surface area contributed by atoms with Gasteiger partial charge in [0.05, 0.1) is 22.3 Å². The standard InChI is InChI=1S/C40H35ClN4O6S2/c1-4-51-40(50)33-24(2)34(38(49)42-29-17-9-6-10-18-29)53-39(33)45-35(46)25(3)52-31-20-12-19-30(23-31)43-37(48)32(22-26-13-11-16-28(41)21-26)44-36(47)27-14-7-5-8-15-27/h5-23,25H,4H2,1-3H3,(H,42,49)(H,43,48)(H,44,47)(H,45,46)/b32-22-. The number of benzene rings is 4. The van der Waals surface area contributed by atoms with Gasteiger partial charge in [0.1, 0.15) is 10.7 Å². The van der Waals surface area contributed by atoms with Crippen LogP contribution < -0.4 is 21.3 Å². The molecule has 0 radical (unpaired) electrons. The first-order chi connectivity index (χ1) is 25.5. The van der Waals surface area contributed by atoms with E-state index < -0.39 is 34.8 Å². The quantitative estimate of drug-likeness (QED) is 0.0534. The normalized spacial score (nSPS) is 11.6. The minimum atomic E-state index is -0.663. The molecule has 1 heterocycles. The molecule has 1 unspecified atom stereocenters. The number of anilines is 3. The average molecular weight is 767 g/mol. The number of amides is 4. The minimum Gasteiger partial charge on any atom is -0.462 e. The van der Waals surface area contributed by atoms with Crippen LogP contribution >= 0.6 is 34.7 Å². The van der Waals surface area contributed by atoms with Crippen molar-refractivity contribution in [3.05, 3.63) is 147 Å². The second-order valence-electron chi connectivity index (χ2n) is 11.5. The Morgan fingerprint density at radius 1 is 0.811 bits per heavy atom. The van der Waals surface area contributed by atoms with Crippen LogP contribution in [0, 0.1) is 6.92 Å². The average Bonchev–Trinajstić information content (AvgIpc) is 3.47. The van der Waals surface area contributed by atoms with Gasteiger partial charge in [0.15, 0.2) is 0 Å². The summed E-state index contributed by atoms with van der Waals surface area (Å²) in [6.07, 6.45) is 1.53. The van der Waals surface area contributed by atoms with Crippen LogP contribution in [-0.4, -0.2) is 41.5 Å². The number of halogens is 1. The van der Waals surface area contributed by atoms with Gasteiger partial charge in [0.2, 0.25) is 5.91 Å². The van der Waals surface area contributed by atoms with E-state index in [9.17, 15) is 24.0 Å². The lowest BCUT2D eigenvalue weighted by Gasteiger charge is -2.14. The number of ether oxygens (including phenoxy) is 1.